The molecule has 1 N–H and O–H groups in total. The third-order valence-electron chi connectivity index (χ3n) is 3.38. The maximum atomic E-state index is 5.42. The van der Waals surface area contributed by atoms with Crippen molar-refractivity contribution in [3.8, 4) is 5.88 Å². The minimum Gasteiger partial charge on any atom is -0.478 e. The van der Waals surface area contributed by atoms with E-state index in [1.165, 1.54) is 25.7 Å². The molecule has 1 aromatic rings. The normalized spacial score (nSPS) is 23.7. The molecule has 100 valence electrons. The summed E-state index contributed by atoms with van der Waals surface area (Å²) in [4.78, 5) is 4.46. The van der Waals surface area contributed by atoms with Gasteiger partial charge in [0.05, 0.1) is 6.61 Å². The Bertz CT molecular complexity index is 365. The standard InChI is InChI=1S/C14H22N2OS/c1-3-17-14-6-4-5-13(16-14)15-11-7-9-12(18-2)10-8-11/h4-6,11-12H,3,7-10H2,1-2H3,(H,15,16). The monoisotopic (exact) mass is 266 g/mol. The molecule has 0 amide bonds. The van der Waals surface area contributed by atoms with Crippen LogP contribution in [0.5, 0.6) is 5.88 Å². The Hall–Kier alpha value is -0.900. The van der Waals surface area contributed by atoms with Gasteiger partial charge in [-0.3, -0.25) is 0 Å². The number of thioether (sulfide) groups is 1. The van der Waals surface area contributed by atoms with Crippen LogP contribution in [-0.2, 0) is 0 Å². The van der Waals surface area contributed by atoms with Crippen LogP contribution < -0.4 is 10.1 Å². The molecule has 3 nitrogen and oxygen atoms in total. The molecule has 0 bridgehead atoms. The first-order chi connectivity index (χ1) is 8.81. The van der Waals surface area contributed by atoms with Gasteiger partial charge in [0.15, 0.2) is 0 Å². The Labute approximate surface area is 114 Å². The van der Waals surface area contributed by atoms with Crippen molar-refractivity contribution in [3.63, 3.8) is 0 Å². The van der Waals surface area contributed by atoms with E-state index >= 15 is 0 Å². The minimum atomic E-state index is 0.567. The van der Waals surface area contributed by atoms with Crippen molar-refractivity contribution in [2.24, 2.45) is 0 Å². The molecule has 1 aromatic heterocycles. The highest BCUT2D eigenvalue weighted by atomic mass is 32.2. The average molecular weight is 266 g/mol. The number of hydrogen-bond acceptors (Lipinski definition) is 4. The summed E-state index contributed by atoms with van der Waals surface area (Å²) in [5.74, 6) is 1.65. The molecule has 0 unspecified atom stereocenters. The first-order valence-corrected chi connectivity index (χ1v) is 7.99. The number of ether oxygens (including phenoxy) is 1. The van der Waals surface area contributed by atoms with E-state index in [1.807, 2.05) is 36.9 Å². The van der Waals surface area contributed by atoms with E-state index in [-0.39, 0.29) is 0 Å². The van der Waals surface area contributed by atoms with E-state index in [4.69, 9.17) is 4.74 Å². The third kappa shape index (κ3) is 3.80. The Morgan fingerprint density at radius 2 is 2.11 bits per heavy atom. The Balaban J connectivity index is 1.87. The van der Waals surface area contributed by atoms with Crippen molar-refractivity contribution in [2.45, 2.75) is 43.9 Å². The molecule has 2 rings (SSSR count). The summed E-state index contributed by atoms with van der Waals surface area (Å²) in [6, 6.07) is 6.48. The quantitative estimate of drug-likeness (QED) is 0.883. The van der Waals surface area contributed by atoms with Gasteiger partial charge < -0.3 is 10.1 Å². The van der Waals surface area contributed by atoms with Gasteiger partial charge >= 0.3 is 0 Å². The van der Waals surface area contributed by atoms with Crippen molar-refractivity contribution in [1.29, 1.82) is 0 Å². The second-order valence-corrected chi connectivity index (χ2v) is 5.79. The first-order valence-electron chi connectivity index (χ1n) is 6.71. The predicted octanol–water partition coefficient (Wildman–Crippen LogP) is 3.57. The SMILES string of the molecule is CCOc1cccc(NC2CCC(SC)CC2)n1. The van der Waals surface area contributed by atoms with Crippen LogP contribution in [0.2, 0.25) is 0 Å². The molecule has 1 heterocycles. The number of nitrogens with one attached hydrogen (secondary N) is 1. The van der Waals surface area contributed by atoms with Crippen LogP contribution in [-0.4, -0.2) is 29.1 Å². The zero-order chi connectivity index (χ0) is 12.8. The lowest BCUT2D eigenvalue weighted by Crippen LogP contribution is -2.27. The summed E-state index contributed by atoms with van der Waals surface area (Å²) in [5.41, 5.74) is 0. The number of rotatable bonds is 5. The van der Waals surface area contributed by atoms with Gasteiger partial charge in [-0.05, 0) is 44.9 Å². The van der Waals surface area contributed by atoms with Crippen LogP contribution in [0.4, 0.5) is 5.82 Å². The second-order valence-electron chi connectivity index (χ2n) is 4.65. The zero-order valence-corrected chi connectivity index (χ0v) is 12.0. The van der Waals surface area contributed by atoms with Crippen molar-refractivity contribution < 1.29 is 4.74 Å². The van der Waals surface area contributed by atoms with Gasteiger partial charge in [-0.2, -0.15) is 16.7 Å². The van der Waals surface area contributed by atoms with Crippen LogP contribution in [0.25, 0.3) is 0 Å². The summed E-state index contributed by atoms with van der Waals surface area (Å²) in [6.07, 6.45) is 7.32. The van der Waals surface area contributed by atoms with Crippen LogP contribution in [0.15, 0.2) is 18.2 Å². The molecule has 0 atom stereocenters. The van der Waals surface area contributed by atoms with Gasteiger partial charge in [0.1, 0.15) is 5.82 Å². The maximum Gasteiger partial charge on any atom is 0.215 e. The molecule has 1 aliphatic carbocycles. The fourth-order valence-electron chi connectivity index (χ4n) is 2.38. The van der Waals surface area contributed by atoms with E-state index in [2.05, 4.69) is 16.6 Å². The van der Waals surface area contributed by atoms with Crippen molar-refractivity contribution in [1.82, 2.24) is 4.98 Å². The number of nitrogens with zero attached hydrogens (tertiary/aromatic N) is 1. The van der Waals surface area contributed by atoms with Crippen LogP contribution in [0.3, 0.4) is 0 Å². The molecule has 18 heavy (non-hydrogen) atoms. The Kier molecular flexibility index (Phi) is 5.17. The van der Waals surface area contributed by atoms with E-state index in [9.17, 15) is 0 Å². The lowest BCUT2D eigenvalue weighted by molar-refractivity contribution is 0.327. The van der Waals surface area contributed by atoms with Crippen molar-refractivity contribution >= 4 is 17.6 Å². The highest BCUT2D eigenvalue weighted by Gasteiger charge is 2.20. The highest BCUT2D eigenvalue weighted by Crippen LogP contribution is 2.28. The van der Waals surface area contributed by atoms with Gasteiger partial charge in [-0.15, -0.1) is 0 Å². The smallest absolute Gasteiger partial charge is 0.215 e. The first kappa shape index (κ1) is 13.5. The molecular formula is C14H22N2OS. The summed E-state index contributed by atoms with van der Waals surface area (Å²) < 4.78 is 5.42. The van der Waals surface area contributed by atoms with Gasteiger partial charge in [-0.25, -0.2) is 0 Å². The lowest BCUT2D eigenvalue weighted by Gasteiger charge is -2.28. The molecule has 1 saturated carbocycles. The Morgan fingerprint density at radius 1 is 1.33 bits per heavy atom. The van der Waals surface area contributed by atoms with Crippen LogP contribution >= 0.6 is 11.8 Å². The fourth-order valence-corrected chi connectivity index (χ4v) is 3.12. The number of pyridine rings is 1. The Morgan fingerprint density at radius 3 is 2.78 bits per heavy atom. The van der Waals surface area contributed by atoms with E-state index in [1.54, 1.807) is 0 Å². The fraction of sp³-hybridized carbons (Fsp3) is 0.643. The molecule has 0 radical (unpaired) electrons. The topological polar surface area (TPSA) is 34.1 Å². The average Bonchev–Trinajstić information content (AvgIpc) is 2.40. The van der Waals surface area contributed by atoms with Crippen LogP contribution in [0.1, 0.15) is 32.6 Å². The van der Waals surface area contributed by atoms with Crippen molar-refractivity contribution in [3.05, 3.63) is 18.2 Å². The van der Waals surface area contributed by atoms with Crippen LogP contribution in [0, 0.1) is 0 Å². The van der Waals surface area contributed by atoms with E-state index in [0.717, 1.165) is 11.1 Å². The lowest BCUT2D eigenvalue weighted by atomic mass is 9.95. The summed E-state index contributed by atoms with van der Waals surface area (Å²) in [7, 11) is 0. The summed E-state index contributed by atoms with van der Waals surface area (Å²) >= 11 is 2.00. The number of aromatic nitrogens is 1. The van der Waals surface area contributed by atoms with Gasteiger partial charge in [0, 0.05) is 17.4 Å². The van der Waals surface area contributed by atoms with Crippen molar-refractivity contribution in [2.75, 3.05) is 18.2 Å². The predicted molar refractivity (Wildman–Crippen MR) is 78.6 cm³/mol. The molecular weight excluding hydrogens is 244 g/mol. The van der Waals surface area contributed by atoms with Gasteiger partial charge in [-0.1, -0.05) is 6.07 Å². The highest BCUT2D eigenvalue weighted by molar-refractivity contribution is 7.99. The van der Waals surface area contributed by atoms with E-state index < -0.39 is 0 Å². The number of anilines is 1. The van der Waals surface area contributed by atoms with Gasteiger partial charge in [0.25, 0.3) is 0 Å². The third-order valence-corrected chi connectivity index (χ3v) is 4.51. The summed E-state index contributed by atoms with van der Waals surface area (Å²) in [6.45, 7) is 2.64. The molecule has 0 saturated heterocycles. The molecule has 0 aromatic carbocycles. The molecule has 1 aliphatic rings. The van der Waals surface area contributed by atoms with E-state index in [0.29, 0.717) is 18.5 Å². The minimum absolute atomic E-state index is 0.567. The molecule has 4 heteroatoms. The maximum absolute atomic E-state index is 5.42. The molecule has 0 spiro atoms. The van der Waals surface area contributed by atoms with Gasteiger partial charge in [0.2, 0.25) is 5.88 Å². The number of hydrogen-bond donors (Lipinski definition) is 1. The summed E-state index contributed by atoms with van der Waals surface area (Å²) in [5, 5.41) is 4.38. The molecule has 0 aliphatic heterocycles. The molecule has 1 fully saturated rings. The largest absolute Gasteiger partial charge is 0.478 e. The second kappa shape index (κ2) is 6.88. The zero-order valence-electron chi connectivity index (χ0n) is 11.2.